The van der Waals surface area contributed by atoms with Gasteiger partial charge in [0.1, 0.15) is 5.75 Å². The van der Waals surface area contributed by atoms with Crippen LogP contribution in [-0.2, 0) is 0 Å². The first-order valence-corrected chi connectivity index (χ1v) is 7.13. The molecule has 106 valence electrons. The highest BCUT2D eigenvalue weighted by Crippen LogP contribution is 2.46. The third-order valence-electron chi connectivity index (χ3n) is 4.69. The highest BCUT2D eigenvalue weighted by Gasteiger charge is 2.40. The fraction of sp³-hybridized carbons (Fsp3) is 0.625. The molecule has 0 amide bonds. The van der Waals surface area contributed by atoms with Crippen LogP contribution in [0.3, 0.4) is 0 Å². The van der Waals surface area contributed by atoms with Gasteiger partial charge in [-0.3, -0.25) is 0 Å². The van der Waals surface area contributed by atoms with Crippen molar-refractivity contribution in [3.63, 3.8) is 0 Å². The fourth-order valence-corrected chi connectivity index (χ4v) is 3.07. The number of ether oxygens (including phenoxy) is 1. The molecule has 1 aliphatic rings. The van der Waals surface area contributed by atoms with Gasteiger partial charge in [-0.05, 0) is 36.5 Å². The summed E-state index contributed by atoms with van der Waals surface area (Å²) in [5.74, 6) is 1.57. The van der Waals surface area contributed by atoms with Crippen molar-refractivity contribution < 1.29 is 9.84 Å². The summed E-state index contributed by atoms with van der Waals surface area (Å²) in [6.45, 7) is 2.83. The molecular weight excluding hydrogens is 238 g/mol. The molecule has 3 N–H and O–H groups in total. The summed E-state index contributed by atoms with van der Waals surface area (Å²) in [5.41, 5.74) is 6.79. The van der Waals surface area contributed by atoms with Gasteiger partial charge in [0, 0.05) is 12.0 Å². The summed E-state index contributed by atoms with van der Waals surface area (Å²) in [7, 11) is 1.65. The number of hydrogen-bond donors (Lipinski definition) is 2. The van der Waals surface area contributed by atoms with E-state index in [2.05, 4.69) is 6.92 Å². The molecule has 1 saturated carbocycles. The Morgan fingerprint density at radius 2 is 1.89 bits per heavy atom. The van der Waals surface area contributed by atoms with Crippen LogP contribution < -0.4 is 10.5 Å². The van der Waals surface area contributed by atoms with E-state index in [0.29, 0.717) is 6.54 Å². The molecule has 3 nitrogen and oxygen atoms in total. The topological polar surface area (TPSA) is 55.5 Å². The molecule has 1 unspecified atom stereocenters. The minimum absolute atomic E-state index is 0.152. The second-order valence-electron chi connectivity index (χ2n) is 5.92. The van der Waals surface area contributed by atoms with Gasteiger partial charge in [-0.15, -0.1) is 0 Å². The Kier molecular flexibility index (Phi) is 4.48. The molecule has 0 bridgehead atoms. The standard InChI is InChI=1S/C16H25NO2/c1-12-7-9-16(11-17,10-8-12)15(18)13-3-5-14(19-2)6-4-13/h3-6,12,15,18H,7-11,17H2,1-2H3. The van der Waals surface area contributed by atoms with Gasteiger partial charge in [-0.1, -0.05) is 31.9 Å². The first-order chi connectivity index (χ1) is 9.11. The first kappa shape index (κ1) is 14.4. The van der Waals surface area contributed by atoms with Gasteiger partial charge in [-0.2, -0.15) is 0 Å². The Morgan fingerprint density at radius 3 is 2.37 bits per heavy atom. The maximum Gasteiger partial charge on any atom is 0.118 e. The number of hydrogen-bond acceptors (Lipinski definition) is 3. The van der Waals surface area contributed by atoms with Gasteiger partial charge in [0.05, 0.1) is 13.2 Å². The minimum atomic E-state index is -0.476. The number of rotatable bonds is 4. The lowest BCUT2D eigenvalue weighted by molar-refractivity contribution is -0.00820. The average molecular weight is 263 g/mol. The molecule has 0 heterocycles. The van der Waals surface area contributed by atoms with Crippen molar-refractivity contribution >= 4 is 0 Å². The third-order valence-corrected chi connectivity index (χ3v) is 4.69. The lowest BCUT2D eigenvalue weighted by Crippen LogP contribution is -2.39. The van der Waals surface area contributed by atoms with Crippen LogP contribution in [0.5, 0.6) is 5.75 Å². The second kappa shape index (κ2) is 5.93. The number of methoxy groups -OCH3 is 1. The monoisotopic (exact) mass is 263 g/mol. The molecule has 1 aromatic carbocycles. The molecule has 1 atom stereocenters. The number of aliphatic hydroxyl groups is 1. The number of benzene rings is 1. The molecule has 0 saturated heterocycles. The Labute approximate surface area is 115 Å². The van der Waals surface area contributed by atoms with Gasteiger partial charge in [-0.25, -0.2) is 0 Å². The van der Waals surface area contributed by atoms with Crippen molar-refractivity contribution in [3.05, 3.63) is 29.8 Å². The quantitative estimate of drug-likeness (QED) is 0.878. The second-order valence-corrected chi connectivity index (χ2v) is 5.92. The van der Waals surface area contributed by atoms with Crippen molar-refractivity contribution in [1.82, 2.24) is 0 Å². The molecule has 1 aliphatic carbocycles. The van der Waals surface area contributed by atoms with E-state index in [0.717, 1.165) is 42.9 Å². The molecule has 0 radical (unpaired) electrons. The van der Waals surface area contributed by atoms with E-state index in [4.69, 9.17) is 10.5 Å². The Balaban J connectivity index is 2.17. The van der Waals surface area contributed by atoms with E-state index in [9.17, 15) is 5.11 Å². The first-order valence-electron chi connectivity index (χ1n) is 7.13. The van der Waals surface area contributed by atoms with E-state index < -0.39 is 6.10 Å². The predicted octanol–water partition coefficient (Wildman–Crippen LogP) is 2.88. The maximum atomic E-state index is 10.7. The van der Waals surface area contributed by atoms with E-state index in [1.165, 1.54) is 0 Å². The lowest BCUT2D eigenvalue weighted by Gasteiger charge is -2.42. The Morgan fingerprint density at radius 1 is 1.32 bits per heavy atom. The van der Waals surface area contributed by atoms with E-state index >= 15 is 0 Å². The highest BCUT2D eigenvalue weighted by molar-refractivity contribution is 5.29. The predicted molar refractivity (Wildman–Crippen MR) is 77.1 cm³/mol. The molecule has 0 aromatic heterocycles. The zero-order valence-electron chi connectivity index (χ0n) is 11.9. The van der Waals surface area contributed by atoms with Crippen LogP contribution in [0.15, 0.2) is 24.3 Å². The van der Waals surface area contributed by atoms with Crippen molar-refractivity contribution in [2.75, 3.05) is 13.7 Å². The van der Waals surface area contributed by atoms with Crippen LogP contribution in [-0.4, -0.2) is 18.8 Å². The van der Waals surface area contributed by atoms with Gasteiger partial charge in [0.2, 0.25) is 0 Å². The van der Waals surface area contributed by atoms with Gasteiger partial charge < -0.3 is 15.6 Å². The largest absolute Gasteiger partial charge is 0.497 e. The average Bonchev–Trinajstić information content (AvgIpc) is 2.48. The van der Waals surface area contributed by atoms with E-state index in [1.807, 2.05) is 24.3 Å². The smallest absolute Gasteiger partial charge is 0.118 e. The van der Waals surface area contributed by atoms with E-state index in [1.54, 1.807) is 7.11 Å². The summed E-state index contributed by atoms with van der Waals surface area (Å²) in [6.07, 6.45) is 3.86. The Hall–Kier alpha value is -1.06. The lowest BCUT2D eigenvalue weighted by atomic mass is 9.66. The number of aliphatic hydroxyl groups excluding tert-OH is 1. The number of nitrogens with two attached hydrogens (primary N) is 1. The van der Waals surface area contributed by atoms with Crippen LogP contribution in [0.2, 0.25) is 0 Å². The van der Waals surface area contributed by atoms with Crippen LogP contribution in [0.1, 0.15) is 44.3 Å². The van der Waals surface area contributed by atoms with Crippen molar-refractivity contribution in [2.45, 2.75) is 38.7 Å². The van der Waals surface area contributed by atoms with Crippen molar-refractivity contribution in [1.29, 1.82) is 0 Å². The van der Waals surface area contributed by atoms with Crippen molar-refractivity contribution in [2.24, 2.45) is 17.1 Å². The Bertz CT molecular complexity index is 394. The molecule has 1 aromatic rings. The zero-order valence-corrected chi connectivity index (χ0v) is 11.9. The van der Waals surface area contributed by atoms with E-state index in [-0.39, 0.29) is 5.41 Å². The van der Waals surface area contributed by atoms with Gasteiger partial charge in [0.25, 0.3) is 0 Å². The molecule has 19 heavy (non-hydrogen) atoms. The van der Waals surface area contributed by atoms with Gasteiger partial charge >= 0.3 is 0 Å². The summed E-state index contributed by atoms with van der Waals surface area (Å²) in [5, 5.41) is 10.7. The van der Waals surface area contributed by atoms with Crippen LogP contribution in [0.4, 0.5) is 0 Å². The molecular formula is C16H25NO2. The summed E-state index contributed by atoms with van der Waals surface area (Å²) in [6, 6.07) is 7.68. The van der Waals surface area contributed by atoms with Gasteiger partial charge in [0.15, 0.2) is 0 Å². The highest BCUT2D eigenvalue weighted by atomic mass is 16.5. The fourth-order valence-electron chi connectivity index (χ4n) is 3.07. The summed E-state index contributed by atoms with van der Waals surface area (Å²) in [4.78, 5) is 0. The zero-order chi connectivity index (χ0) is 13.9. The summed E-state index contributed by atoms with van der Waals surface area (Å²) >= 11 is 0. The normalized spacial score (nSPS) is 28.9. The summed E-state index contributed by atoms with van der Waals surface area (Å²) < 4.78 is 5.15. The van der Waals surface area contributed by atoms with Crippen LogP contribution >= 0.6 is 0 Å². The van der Waals surface area contributed by atoms with Crippen molar-refractivity contribution in [3.8, 4) is 5.75 Å². The molecule has 3 heteroatoms. The minimum Gasteiger partial charge on any atom is -0.497 e. The molecule has 1 fully saturated rings. The third kappa shape index (κ3) is 2.93. The maximum absolute atomic E-state index is 10.7. The van der Waals surface area contributed by atoms with Crippen LogP contribution in [0, 0.1) is 11.3 Å². The SMILES string of the molecule is COc1ccc(C(O)C2(CN)CCC(C)CC2)cc1. The molecule has 2 rings (SSSR count). The molecule has 0 spiro atoms. The van der Waals surface area contributed by atoms with Crippen LogP contribution in [0.25, 0.3) is 0 Å². The molecule has 0 aliphatic heterocycles.